The number of hydrogen-bond acceptors (Lipinski definition) is 4. The molecule has 5 nitrogen and oxygen atoms in total. The lowest BCUT2D eigenvalue weighted by Crippen LogP contribution is -2.55. The molecule has 2 heterocycles. The van der Waals surface area contributed by atoms with Crippen molar-refractivity contribution in [3.8, 4) is 0 Å². The third kappa shape index (κ3) is 4.02. The van der Waals surface area contributed by atoms with Crippen LogP contribution in [-0.4, -0.2) is 67.3 Å². The van der Waals surface area contributed by atoms with E-state index in [2.05, 4.69) is 18.7 Å². The Balaban J connectivity index is 2.14. The molecule has 0 spiro atoms. The largest absolute Gasteiger partial charge is 0.343 e. The number of rotatable bonds is 4. The SMILES string of the molecule is CCCC(=O)N1CC[C@@H]2[C@H](CC1)N(CC(C)C)CCS2(=O)=O. The van der Waals surface area contributed by atoms with Gasteiger partial charge in [-0.2, -0.15) is 0 Å². The number of likely N-dealkylation sites (tertiary alicyclic amines) is 1. The van der Waals surface area contributed by atoms with Gasteiger partial charge in [0.05, 0.1) is 11.0 Å². The van der Waals surface area contributed by atoms with Gasteiger partial charge in [0, 0.05) is 38.6 Å². The van der Waals surface area contributed by atoms with Gasteiger partial charge in [0.25, 0.3) is 0 Å². The Kier molecular flexibility index (Phi) is 5.88. The standard InChI is InChI=1S/C16H30N2O3S/c1-4-5-16(19)17-8-6-14-15(7-9-17)22(20,21)11-10-18(14)12-13(2)3/h13-15H,4-12H2,1-3H3/t14-,15+/m0/s1. The Hall–Kier alpha value is -0.620. The van der Waals surface area contributed by atoms with Gasteiger partial charge < -0.3 is 4.90 Å². The molecule has 0 aromatic rings. The van der Waals surface area contributed by atoms with E-state index in [1.165, 1.54) is 0 Å². The molecule has 2 atom stereocenters. The molecule has 2 fully saturated rings. The second-order valence-electron chi connectivity index (χ2n) is 7.07. The maximum absolute atomic E-state index is 12.5. The first kappa shape index (κ1) is 17.7. The van der Waals surface area contributed by atoms with E-state index in [0.29, 0.717) is 38.4 Å². The second-order valence-corrected chi connectivity index (χ2v) is 9.41. The van der Waals surface area contributed by atoms with Crippen LogP contribution in [0.3, 0.4) is 0 Å². The van der Waals surface area contributed by atoms with E-state index in [1.54, 1.807) is 0 Å². The van der Waals surface area contributed by atoms with Crippen LogP contribution in [-0.2, 0) is 14.6 Å². The highest BCUT2D eigenvalue weighted by Crippen LogP contribution is 2.28. The highest BCUT2D eigenvalue weighted by atomic mass is 32.2. The van der Waals surface area contributed by atoms with Gasteiger partial charge >= 0.3 is 0 Å². The average molecular weight is 330 g/mol. The molecule has 0 radical (unpaired) electrons. The van der Waals surface area contributed by atoms with E-state index < -0.39 is 9.84 Å². The Labute approximate surface area is 135 Å². The van der Waals surface area contributed by atoms with Crippen molar-refractivity contribution in [2.45, 2.75) is 57.7 Å². The van der Waals surface area contributed by atoms with Crippen molar-refractivity contribution in [1.29, 1.82) is 0 Å². The van der Waals surface area contributed by atoms with Crippen LogP contribution in [0.1, 0.15) is 46.5 Å². The zero-order chi connectivity index (χ0) is 16.3. The topological polar surface area (TPSA) is 57.7 Å². The number of amides is 1. The van der Waals surface area contributed by atoms with Crippen molar-refractivity contribution >= 4 is 15.7 Å². The van der Waals surface area contributed by atoms with Crippen molar-refractivity contribution in [3.05, 3.63) is 0 Å². The van der Waals surface area contributed by atoms with E-state index in [-0.39, 0.29) is 23.0 Å². The van der Waals surface area contributed by atoms with Gasteiger partial charge in [-0.05, 0) is 25.2 Å². The fraction of sp³-hybridized carbons (Fsp3) is 0.938. The fourth-order valence-electron chi connectivity index (χ4n) is 3.78. The molecule has 0 aromatic carbocycles. The first-order valence-electron chi connectivity index (χ1n) is 8.58. The maximum Gasteiger partial charge on any atom is 0.222 e. The average Bonchev–Trinajstić information content (AvgIpc) is 2.66. The van der Waals surface area contributed by atoms with Gasteiger partial charge in [-0.1, -0.05) is 20.8 Å². The van der Waals surface area contributed by atoms with Crippen LogP contribution in [0.5, 0.6) is 0 Å². The summed E-state index contributed by atoms with van der Waals surface area (Å²) in [6.45, 7) is 9.23. The molecule has 6 heteroatoms. The van der Waals surface area contributed by atoms with Crippen LogP contribution < -0.4 is 0 Å². The molecular formula is C16H30N2O3S. The van der Waals surface area contributed by atoms with E-state index in [4.69, 9.17) is 0 Å². The summed E-state index contributed by atoms with van der Waals surface area (Å²) in [5, 5.41) is -0.292. The predicted molar refractivity (Wildman–Crippen MR) is 88.5 cm³/mol. The van der Waals surface area contributed by atoms with E-state index in [0.717, 1.165) is 19.4 Å². The predicted octanol–water partition coefficient (Wildman–Crippen LogP) is 1.53. The summed E-state index contributed by atoms with van der Waals surface area (Å²) in [7, 11) is -3.02. The number of carbonyl (C=O) groups is 1. The van der Waals surface area contributed by atoms with Crippen LogP contribution in [0.4, 0.5) is 0 Å². The van der Waals surface area contributed by atoms with Gasteiger partial charge in [-0.15, -0.1) is 0 Å². The molecule has 0 aliphatic carbocycles. The van der Waals surface area contributed by atoms with Crippen molar-refractivity contribution < 1.29 is 13.2 Å². The van der Waals surface area contributed by atoms with Gasteiger partial charge in [0.2, 0.25) is 5.91 Å². The Morgan fingerprint density at radius 3 is 2.50 bits per heavy atom. The van der Waals surface area contributed by atoms with E-state index in [1.807, 2.05) is 11.8 Å². The van der Waals surface area contributed by atoms with E-state index in [9.17, 15) is 13.2 Å². The minimum atomic E-state index is -3.02. The molecule has 0 saturated carbocycles. The Morgan fingerprint density at radius 1 is 1.18 bits per heavy atom. The lowest BCUT2D eigenvalue weighted by molar-refractivity contribution is -0.131. The molecule has 2 saturated heterocycles. The zero-order valence-corrected chi connectivity index (χ0v) is 14.9. The second kappa shape index (κ2) is 7.30. The van der Waals surface area contributed by atoms with Gasteiger partial charge in [0.1, 0.15) is 0 Å². The highest BCUT2D eigenvalue weighted by molar-refractivity contribution is 7.92. The molecule has 2 rings (SSSR count). The lowest BCUT2D eigenvalue weighted by Gasteiger charge is -2.40. The van der Waals surface area contributed by atoms with Gasteiger partial charge in [0.15, 0.2) is 9.84 Å². The summed E-state index contributed by atoms with van der Waals surface area (Å²) in [6.07, 6.45) is 2.79. The summed E-state index contributed by atoms with van der Waals surface area (Å²) < 4.78 is 24.9. The molecule has 0 aromatic heterocycles. The molecule has 22 heavy (non-hydrogen) atoms. The van der Waals surface area contributed by atoms with Crippen molar-refractivity contribution in [2.75, 3.05) is 31.9 Å². The summed E-state index contributed by atoms with van der Waals surface area (Å²) in [5.74, 6) is 0.973. The lowest BCUT2D eigenvalue weighted by atomic mass is 10.0. The molecule has 2 aliphatic rings. The molecule has 0 unspecified atom stereocenters. The molecular weight excluding hydrogens is 300 g/mol. The first-order valence-corrected chi connectivity index (χ1v) is 10.3. The molecule has 2 aliphatic heterocycles. The minimum Gasteiger partial charge on any atom is -0.343 e. The Bertz CT molecular complexity index is 490. The normalized spacial score (nSPS) is 29.2. The first-order chi connectivity index (χ1) is 10.3. The smallest absolute Gasteiger partial charge is 0.222 e. The van der Waals surface area contributed by atoms with Gasteiger partial charge in [-0.25, -0.2) is 8.42 Å². The van der Waals surface area contributed by atoms with Crippen molar-refractivity contribution in [3.63, 3.8) is 0 Å². The summed E-state index contributed by atoms with van der Waals surface area (Å²) in [6, 6.07) is 0.0839. The molecule has 1 amide bonds. The summed E-state index contributed by atoms with van der Waals surface area (Å²) >= 11 is 0. The van der Waals surface area contributed by atoms with Crippen LogP contribution in [0.25, 0.3) is 0 Å². The van der Waals surface area contributed by atoms with Crippen molar-refractivity contribution in [1.82, 2.24) is 9.80 Å². The third-order valence-electron chi connectivity index (χ3n) is 4.82. The third-order valence-corrected chi connectivity index (χ3v) is 7.04. The summed E-state index contributed by atoms with van der Waals surface area (Å²) in [5.41, 5.74) is 0. The fourth-order valence-corrected chi connectivity index (χ4v) is 5.82. The number of nitrogens with zero attached hydrogens (tertiary/aromatic N) is 2. The van der Waals surface area contributed by atoms with Crippen LogP contribution in [0.2, 0.25) is 0 Å². The highest BCUT2D eigenvalue weighted by Gasteiger charge is 2.43. The quantitative estimate of drug-likeness (QED) is 0.784. The Morgan fingerprint density at radius 2 is 1.86 bits per heavy atom. The number of hydrogen-bond donors (Lipinski definition) is 0. The van der Waals surface area contributed by atoms with Gasteiger partial charge in [-0.3, -0.25) is 9.69 Å². The van der Waals surface area contributed by atoms with Crippen molar-refractivity contribution in [2.24, 2.45) is 5.92 Å². The number of sulfone groups is 1. The zero-order valence-electron chi connectivity index (χ0n) is 14.1. The minimum absolute atomic E-state index is 0.0839. The van der Waals surface area contributed by atoms with Crippen LogP contribution >= 0.6 is 0 Å². The number of carbonyl (C=O) groups excluding carboxylic acids is 1. The molecule has 0 bridgehead atoms. The molecule has 0 N–H and O–H groups in total. The van der Waals surface area contributed by atoms with Crippen LogP contribution in [0.15, 0.2) is 0 Å². The number of fused-ring (bicyclic) bond motifs is 1. The van der Waals surface area contributed by atoms with E-state index >= 15 is 0 Å². The monoisotopic (exact) mass is 330 g/mol. The maximum atomic E-state index is 12.5. The van der Waals surface area contributed by atoms with Crippen LogP contribution in [0, 0.1) is 5.92 Å². The summed E-state index contributed by atoms with van der Waals surface area (Å²) in [4.78, 5) is 16.4. The molecule has 128 valence electrons.